The Labute approximate surface area is 121 Å². The van der Waals surface area contributed by atoms with Crippen molar-refractivity contribution >= 4 is 0 Å². The first-order valence-electron chi connectivity index (χ1n) is 7.68. The van der Waals surface area contributed by atoms with E-state index in [4.69, 9.17) is 14.2 Å². The first-order chi connectivity index (χ1) is 9.83. The summed E-state index contributed by atoms with van der Waals surface area (Å²) >= 11 is 0. The van der Waals surface area contributed by atoms with Crippen LogP contribution in [0.5, 0.6) is 0 Å². The van der Waals surface area contributed by atoms with Crippen molar-refractivity contribution in [3.05, 3.63) is 35.9 Å². The molecule has 1 heterocycles. The molecule has 3 rings (SSSR count). The highest BCUT2D eigenvalue weighted by Gasteiger charge is 2.45. The molecular weight excluding hydrogens is 252 g/mol. The van der Waals surface area contributed by atoms with Gasteiger partial charge in [0.25, 0.3) is 0 Å². The van der Waals surface area contributed by atoms with E-state index in [1.54, 1.807) is 0 Å². The SMILES string of the molecule is CC1OC2CC(COCCOCc3ccccc3)C1C2. The summed E-state index contributed by atoms with van der Waals surface area (Å²) in [5.41, 5.74) is 1.21. The van der Waals surface area contributed by atoms with Crippen LogP contribution in [0.2, 0.25) is 0 Å². The molecule has 0 N–H and O–H groups in total. The van der Waals surface area contributed by atoms with Gasteiger partial charge in [-0.25, -0.2) is 0 Å². The van der Waals surface area contributed by atoms with Gasteiger partial charge in [0.05, 0.1) is 32.0 Å². The molecule has 2 bridgehead atoms. The van der Waals surface area contributed by atoms with E-state index in [0.29, 0.717) is 43.9 Å². The minimum atomic E-state index is 0.427. The molecule has 4 atom stereocenters. The molecule has 20 heavy (non-hydrogen) atoms. The number of hydrogen-bond acceptors (Lipinski definition) is 3. The van der Waals surface area contributed by atoms with Gasteiger partial charge in [0, 0.05) is 6.61 Å². The van der Waals surface area contributed by atoms with Gasteiger partial charge in [-0.15, -0.1) is 0 Å². The van der Waals surface area contributed by atoms with E-state index in [2.05, 4.69) is 19.1 Å². The first kappa shape index (κ1) is 14.1. The predicted octanol–water partition coefficient (Wildman–Crippen LogP) is 3.03. The van der Waals surface area contributed by atoms with Crippen molar-refractivity contribution in [3.63, 3.8) is 0 Å². The molecule has 1 saturated carbocycles. The molecule has 4 unspecified atom stereocenters. The Kier molecular flexibility index (Phi) is 4.71. The van der Waals surface area contributed by atoms with Gasteiger partial charge in [-0.3, -0.25) is 0 Å². The standard InChI is InChI=1S/C17H24O3/c1-13-17-10-16(20-13)9-15(17)12-19-8-7-18-11-14-5-3-2-4-6-14/h2-6,13,15-17H,7-12H2,1H3. The maximum absolute atomic E-state index is 5.80. The van der Waals surface area contributed by atoms with Gasteiger partial charge in [-0.1, -0.05) is 30.3 Å². The summed E-state index contributed by atoms with van der Waals surface area (Å²) in [7, 11) is 0. The lowest BCUT2D eigenvalue weighted by molar-refractivity contribution is -0.0388. The molecule has 0 radical (unpaired) electrons. The second-order valence-electron chi connectivity index (χ2n) is 5.97. The van der Waals surface area contributed by atoms with Crippen molar-refractivity contribution in [2.24, 2.45) is 11.8 Å². The van der Waals surface area contributed by atoms with E-state index in [-0.39, 0.29) is 0 Å². The van der Waals surface area contributed by atoms with Crippen molar-refractivity contribution < 1.29 is 14.2 Å². The van der Waals surface area contributed by atoms with Crippen LogP contribution in [-0.2, 0) is 20.8 Å². The number of benzene rings is 1. The summed E-state index contributed by atoms with van der Waals surface area (Å²) < 4.78 is 17.2. The second kappa shape index (κ2) is 6.70. The Morgan fingerprint density at radius 1 is 1.10 bits per heavy atom. The average Bonchev–Trinajstić information content (AvgIpc) is 3.02. The van der Waals surface area contributed by atoms with Crippen LogP contribution in [0.25, 0.3) is 0 Å². The largest absolute Gasteiger partial charge is 0.379 e. The lowest BCUT2D eigenvalue weighted by atomic mass is 9.92. The zero-order valence-corrected chi connectivity index (χ0v) is 12.2. The molecule has 2 aliphatic rings. The van der Waals surface area contributed by atoms with Crippen molar-refractivity contribution in [3.8, 4) is 0 Å². The molecule has 1 aromatic rings. The van der Waals surface area contributed by atoms with Gasteiger partial charge < -0.3 is 14.2 Å². The van der Waals surface area contributed by atoms with Gasteiger partial charge in [0.15, 0.2) is 0 Å². The summed E-state index contributed by atoms with van der Waals surface area (Å²) in [6.45, 7) is 5.09. The lowest BCUT2D eigenvalue weighted by Crippen LogP contribution is -2.28. The quantitative estimate of drug-likeness (QED) is 0.716. The summed E-state index contributed by atoms with van der Waals surface area (Å²) in [6, 6.07) is 10.3. The highest BCUT2D eigenvalue weighted by Crippen LogP contribution is 2.44. The Balaban J connectivity index is 1.26. The van der Waals surface area contributed by atoms with Crippen molar-refractivity contribution in [1.29, 1.82) is 0 Å². The van der Waals surface area contributed by atoms with Crippen molar-refractivity contribution in [2.75, 3.05) is 19.8 Å². The molecule has 0 spiro atoms. The number of rotatable bonds is 7. The Morgan fingerprint density at radius 3 is 2.65 bits per heavy atom. The molecular formula is C17H24O3. The fourth-order valence-corrected chi connectivity index (χ4v) is 3.50. The molecule has 0 aromatic heterocycles. The lowest BCUT2D eigenvalue weighted by Gasteiger charge is -2.26. The Morgan fingerprint density at radius 2 is 1.90 bits per heavy atom. The third-order valence-electron chi connectivity index (χ3n) is 4.53. The Hall–Kier alpha value is -0.900. The van der Waals surface area contributed by atoms with Crippen LogP contribution < -0.4 is 0 Å². The molecule has 3 nitrogen and oxygen atoms in total. The second-order valence-corrected chi connectivity index (χ2v) is 5.97. The van der Waals surface area contributed by atoms with Crippen LogP contribution in [-0.4, -0.2) is 32.0 Å². The van der Waals surface area contributed by atoms with Gasteiger partial charge >= 0.3 is 0 Å². The summed E-state index contributed by atoms with van der Waals surface area (Å²) in [5.74, 6) is 1.41. The minimum absolute atomic E-state index is 0.427. The topological polar surface area (TPSA) is 27.7 Å². The molecule has 3 heteroatoms. The zero-order chi connectivity index (χ0) is 13.8. The van der Waals surface area contributed by atoms with Crippen LogP contribution in [0.4, 0.5) is 0 Å². The third-order valence-corrected chi connectivity index (χ3v) is 4.53. The zero-order valence-electron chi connectivity index (χ0n) is 12.2. The number of ether oxygens (including phenoxy) is 3. The average molecular weight is 276 g/mol. The molecule has 1 aromatic carbocycles. The van der Waals surface area contributed by atoms with Gasteiger partial charge in [0.1, 0.15) is 0 Å². The van der Waals surface area contributed by atoms with Crippen molar-refractivity contribution in [1.82, 2.24) is 0 Å². The fraction of sp³-hybridized carbons (Fsp3) is 0.647. The van der Waals surface area contributed by atoms with E-state index < -0.39 is 0 Å². The molecule has 1 saturated heterocycles. The molecule has 1 aliphatic heterocycles. The van der Waals surface area contributed by atoms with E-state index >= 15 is 0 Å². The summed E-state index contributed by atoms with van der Waals surface area (Å²) in [4.78, 5) is 0. The van der Waals surface area contributed by atoms with Gasteiger partial charge in [-0.05, 0) is 37.2 Å². The highest BCUT2D eigenvalue weighted by molar-refractivity contribution is 5.13. The summed E-state index contributed by atoms with van der Waals surface area (Å²) in [5, 5.41) is 0. The Bertz CT molecular complexity index is 406. The van der Waals surface area contributed by atoms with Crippen LogP contribution in [0, 0.1) is 11.8 Å². The molecule has 2 fully saturated rings. The fourth-order valence-electron chi connectivity index (χ4n) is 3.50. The van der Waals surface area contributed by atoms with Crippen molar-refractivity contribution in [2.45, 2.75) is 38.6 Å². The molecule has 110 valence electrons. The summed E-state index contributed by atoms with van der Waals surface area (Å²) in [6.07, 6.45) is 3.34. The third kappa shape index (κ3) is 3.40. The van der Waals surface area contributed by atoms with Crippen LogP contribution >= 0.6 is 0 Å². The predicted molar refractivity (Wildman–Crippen MR) is 77.5 cm³/mol. The smallest absolute Gasteiger partial charge is 0.0718 e. The maximum atomic E-state index is 5.80. The van der Waals surface area contributed by atoms with E-state index in [1.165, 1.54) is 18.4 Å². The van der Waals surface area contributed by atoms with Gasteiger partial charge in [-0.2, -0.15) is 0 Å². The van der Waals surface area contributed by atoms with E-state index in [1.807, 2.05) is 18.2 Å². The normalized spacial score (nSPS) is 31.9. The van der Waals surface area contributed by atoms with E-state index in [9.17, 15) is 0 Å². The number of hydrogen-bond donors (Lipinski definition) is 0. The maximum Gasteiger partial charge on any atom is 0.0718 e. The van der Waals surface area contributed by atoms with Gasteiger partial charge in [0.2, 0.25) is 0 Å². The first-order valence-corrected chi connectivity index (χ1v) is 7.68. The van der Waals surface area contributed by atoms with Crippen LogP contribution in [0.15, 0.2) is 30.3 Å². The van der Waals surface area contributed by atoms with Crippen LogP contribution in [0.3, 0.4) is 0 Å². The minimum Gasteiger partial charge on any atom is -0.379 e. The van der Waals surface area contributed by atoms with E-state index in [0.717, 1.165) is 6.61 Å². The number of fused-ring (bicyclic) bond motifs is 2. The molecule has 1 aliphatic carbocycles. The van der Waals surface area contributed by atoms with Crippen LogP contribution in [0.1, 0.15) is 25.3 Å². The monoisotopic (exact) mass is 276 g/mol. The highest BCUT2D eigenvalue weighted by atomic mass is 16.5. The molecule has 0 amide bonds.